The molecule has 0 saturated carbocycles. The maximum absolute atomic E-state index is 5.56. The Morgan fingerprint density at radius 2 is 2.37 bits per heavy atom. The predicted octanol–water partition coefficient (Wildman–Crippen LogP) is 2.55. The number of likely N-dealkylation sites (tertiary alicyclic amines) is 1. The zero-order valence-electron chi connectivity index (χ0n) is 16.0. The Morgan fingerprint density at radius 3 is 3.11 bits per heavy atom. The van der Waals surface area contributed by atoms with Crippen molar-refractivity contribution in [3.8, 4) is 11.6 Å². The predicted molar refractivity (Wildman–Crippen MR) is 115 cm³/mol. The Hall–Kier alpha value is -1.62. The number of hydrogen-bond acceptors (Lipinski definition) is 5. The summed E-state index contributed by atoms with van der Waals surface area (Å²) < 4.78 is 10.9. The molecule has 1 aliphatic heterocycles. The summed E-state index contributed by atoms with van der Waals surface area (Å²) in [5.74, 6) is 3.62. The van der Waals surface area contributed by atoms with Crippen molar-refractivity contribution < 1.29 is 9.15 Å². The van der Waals surface area contributed by atoms with Gasteiger partial charge in [-0.15, -0.1) is 24.0 Å². The lowest BCUT2D eigenvalue weighted by Gasteiger charge is -2.21. The van der Waals surface area contributed by atoms with Gasteiger partial charge < -0.3 is 19.4 Å². The van der Waals surface area contributed by atoms with E-state index >= 15 is 0 Å². The van der Waals surface area contributed by atoms with Crippen molar-refractivity contribution in [2.45, 2.75) is 26.7 Å². The van der Waals surface area contributed by atoms with Crippen LogP contribution in [0.15, 0.2) is 27.8 Å². The van der Waals surface area contributed by atoms with Crippen LogP contribution in [-0.4, -0.2) is 65.4 Å². The SMILES string of the molecule is CCNC(=NCCc1nc(-c2ccco2)n[nH]1)N1CCC(COCC)C1.I. The number of hydrogen-bond donors (Lipinski definition) is 2. The van der Waals surface area contributed by atoms with Crippen molar-refractivity contribution in [1.29, 1.82) is 0 Å². The number of aromatic nitrogens is 3. The van der Waals surface area contributed by atoms with Crippen molar-refractivity contribution in [3.05, 3.63) is 24.2 Å². The molecule has 0 aromatic carbocycles. The summed E-state index contributed by atoms with van der Waals surface area (Å²) in [7, 11) is 0. The van der Waals surface area contributed by atoms with Gasteiger partial charge in [-0.2, -0.15) is 5.10 Å². The average Bonchev–Trinajstić information content (AvgIpc) is 3.40. The van der Waals surface area contributed by atoms with E-state index in [4.69, 9.17) is 14.1 Å². The Balaban J connectivity index is 0.00000261. The molecule has 0 radical (unpaired) electrons. The van der Waals surface area contributed by atoms with E-state index in [-0.39, 0.29) is 24.0 Å². The molecule has 2 aromatic rings. The fraction of sp³-hybridized carbons (Fsp3) is 0.611. The van der Waals surface area contributed by atoms with Gasteiger partial charge in [0.25, 0.3) is 0 Å². The summed E-state index contributed by atoms with van der Waals surface area (Å²) in [6.07, 6.45) is 3.48. The van der Waals surface area contributed by atoms with Crippen LogP contribution < -0.4 is 5.32 Å². The topological polar surface area (TPSA) is 91.6 Å². The van der Waals surface area contributed by atoms with Crippen LogP contribution in [0.5, 0.6) is 0 Å². The first kappa shape index (κ1) is 21.7. The molecule has 0 amide bonds. The second-order valence-electron chi connectivity index (χ2n) is 6.33. The second-order valence-corrected chi connectivity index (χ2v) is 6.33. The minimum absolute atomic E-state index is 0. The standard InChI is InChI=1S/C18H28N6O2.HI/c1-3-19-18(24-10-8-14(12-24)13-25-4-2)20-9-7-16-21-17(23-22-16)15-6-5-11-26-15;/h5-6,11,14H,3-4,7-10,12-13H2,1-2H3,(H,19,20)(H,21,22,23);1H. The number of furan rings is 1. The molecular formula is C18H29IN6O2. The Kier molecular flexibility index (Phi) is 9.05. The molecule has 9 heteroatoms. The fourth-order valence-electron chi connectivity index (χ4n) is 3.06. The highest BCUT2D eigenvalue weighted by molar-refractivity contribution is 14.0. The van der Waals surface area contributed by atoms with Gasteiger partial charge in [-0.1, -0.05) is 0 Å². The van der Waals surface area contributed by atoms with Crippen LogP contribution in [0.1, 0.15) is 26.1 Å². The lowest BCUT2D eigenvalue weighted by atomic mass is 10.1. The molecule has 150 valence electrons. The quantitative estimate of drug-likeness (QED) is 0.337. The molecule has 0 bridgehead atoms. The smallest absolute Gasteiger partial charge is 0.216 e. The monoisotopic (exact) mass is 488 g/mol. The molecule has 1 aliphatic rings. The highest BCUT2D eigenvalue weighted by Crippen LogP contribution is 2.17. The van der Waals surface area contributed by atoms with Crippen LogP contribution in [0, 0.1) is 5.92 Å². The number of aliphatic imine (C=N–C) groups is 1. The fourth-order valence-corrected chi connectivity index (χ4v) is 3.06. The molecular weight excluding hydrogens is 459 g/mol. The number of guanidine groups is 1. The zero-order valence-corrected chi connectivity index (χ0v) is 18.3. The summed E-state index contributed by atoms with van der Waals surface area (Å²) in [6, 6.07) is 3.67. The number of H-pyrrole nitrogens is 1. The van der Waals surface area contributed by atoms with Crippen LogP contribution in [0.3, 0.4) is 0 Å². The number of aromatic amines is 1. The van der Waals surface area contributed by atoms with Crippen LogP contribution >= 0.6 is 24.0 Å². The summed E-state index contributed by atoms with van der Waals surface area (Å²) in [6.45, 7) is 9.28. The Labute approximate surface area is 177 Å². The van der Waals surface area contributed by atoms with Crippen molar-refractivity contribution in [2.75, 3.05) is 39.4 Å². The summed E-state index contributed by atoms with van der Waals surface area (Å²) in [4.78, 5) is 11.5. The number of nitrogens with one attached hydrogen (secondary N) is 2. The highest BCUT2D eigenvalue weighted by Gasteiger charge is 2.24. The molecule has 8 nitrogen and oxygen atoms in total. The van der Waals surface area contributed by atoms with E-state index in [2.05, 4.69) is 32.3 Å². The number of nitrogens with zero attached hydrogens (tertiary/aromatic N) is 4. The number of rotatable bonds is 8. The molecule has 1 unspecified atom stereocenters. The average molecular weight is 488 g/mol. The molecule has 1 fully saturated rings. The first-order valence-electron chi connectivity index (χ1n) is 9.36. The van der Waals surface area contributed by atoms with Crippen molar-refractivity contribution in [1.82, 2.24) is 25.4 Å². The van der Waals surface area contributed by atoms with E-state index < -0.39 is 0 Å². The second kappa shape index (κ2) is 11.3. The largest absolute Gasteiger partial charge is 0.461 e. The summed E-state index contributed by atoms with van der Waals surface area (Å²) in [5.41, 5.74) is 0. The highest BCUT2D eigenvalue weighted by atomic mass is 127. The van der Waals surface area contributed by atoms with E-state index in [1.807, 2.05) is 19.1 Å². The van der Waals surface area contributed by atoms with Gasteiger partial charge in [0.05, 0.1) is 12.9 Å². The van der Waals surface area contributed by atoms with E-state index in [0.717, 1.165) is 51.1 Å². The molecule has 0 aliphatic carbocycles. The molecule has 1 saturated heterocycles. The van der Waals surface area contributed by atoms with Gasteiger partial charge in [-0.05, 0) is 32.4 Å². The molecule has 3 rings (SSSR count). The van der Waals surface area contributed by atoms with Crippen molar-refractivity contribution in [2.24, 2.45) is 10.9 Å². The van der Waals surface area contributed by atoms with Crippen LogP contribution in [0.2, 0.25) is 0 Å². The normalized spacial score (nSPS) is 17.2. The lowest BCUT2D eigenvalue weighted by Crippen LogP contribution is -2.40. The minimum Gasteiger partial charge on any atom is -0.461 e. The van der Waals surface area contributed by atoms with Gasteiger partial charge in [0.15, 0.2) is 11.7 Å². The van der Waals surface area contributed by atoms with E-state index in [0.29, 0.717) is 30.5 Å². The zero-order chi connectivity index (χ0) is 18.2. The molecule has 1 atom stereocenters. The van der Waals surface area contributed by atoms with Crippen LogP contribution in [-0.2, 0) is 11.2 Å². The third-order valence-corrected chi connectivity index (χ3v) is 4.36. The molecule has 2 aromatic heterocycles. The van der Waals surface area contributed by atoms with Gasteiger partial charge in [0, 0.05) is 45.1 Å². The van der Waals surface area contributed by atoms with Crippen molar-refractivity contribution >= 4 is 29.9 Å². The van der Waals surface area contributed by atoms with Gasteiger partial charge in [-0.25, -0.2) is 4.98 Å². The van der Waals surface area contributed by atoms with E-state index in [9.17, 15) is 0 Å². The third-order valence-electron chi connectivity index (χ3n) is 4.36. The number of ether oxygens (including phenoxy) is 1. The van der Waals surface area contributed by atoms with Gasteiger partial charge in [0.2, 0.25) is 5.82 Å². The van der Waals surface area contributed by atoms with Gasteiger partial charge in [-0.3, -0.25) is 10.1 Å². The molecule has 27 heavy (non-hydrogen) atoms. The first-order valence-corrected chi connectivity index (χ1v) is 9.36. The summed E-state index contributed by atoms with van der Waals surface area (Å²) in [5, 5.41) is 10.5. The van der Waals surface area contributed by atoms with Crippen LogP contribution in [0.4, 0.5) is 0 Å². The van der Waals surface area contributed by atoms with E-state index in [1.165, 1.54) is 0 Å². The van der Waals surface area contributed by atoms with Gasteiger partial charge in [0.1, 0.15) is 5.82 Å². The molecule has 2 N–H and O–H groups in total. The third kappa shape index (κ3) is 6.20. The lowest BCUT2D eigenvalue weighted by molar-refractivity contribution is 0.114. The molecule has 3 heterocycles. The van der Waals surface area contributed by atoms with Crippen molar-refractivity contribution in [3.63, 3.8) is 0 Å². The minimum atomic E-state index is 0. The first-order chi connectivity index (χ1) is 12.8. The Morgan fingerprint density at radius 1 is 1.48 bits per heavy atom. The Bertz CT molecular complexity index is 688. The van der Waals surface area contributed by atoms with Crippen LogP contribution in [0.25, 0.3) is 11.6 Å². The van der Waals surface area contributed by atoms with E-state index in [1.54, 1.807) is 6.26 Å². The van der Waals surface area contributed by atoms with Gasteiger partial charge >= 0.3 is 0 Å². The summed E-state index contributed by atoms with van der Waals surface area (Å²) >= 11 is 0. The molecule has 0 spiro atoms. The maximum atomic E-state index is 5.56. The number of halogens is 1. The maximum Gasteiger partial charge on any atom is 0.216 e.